The van der Waals surface area contributed by atoms with Crippen LogP contribution < -0.4 is 19.5 Å². The van der Waals surface area contributed by atoms with Crippen LogP contribution in [0.4, 0.5) is 0 Å². The van der Waals surface area contributed by atoms with Gasteiger partial charge in [-0.15, -0.1) is 0 Å². The maximum Gasteiger partial charge on any atom is 0.161 e. The summed E-state index contributed by atoms with van der Waals surface area (Å²) in [6, 6.07) is 14.2. The smallest absolute Gasteiger partial charge is 0.161 e. The summed E-state index contributed by atoms with van der Waals surface area (Å²) in [6.45, 7) is 4.01. The summed E-state index contributed by atoms with van der Waals surface area (Å²) in [5.74, 6) is 2.32. The van der Waals surface area contributed by atoms with Crippen LogP contribution in [0.2, 0.25) is 0 Å². The standard InChI is InChI=1S/C21H26N2O3/c1-16-6-7-17(12-20(16)25-3)14-23-15-18-8-9-19(24-2)21(13-18)26-11-5-4-10-22/h6-9,12-13,23H,4-5,11,14-15H2,1-3H3. The Morgan fingerprint density at radius 1 is 0.923 bits per heavy atom. The first-order valence-corrected chi connectivity index (χ1v) is 8.68. The predicted molar refractivity (Wildman–Crippen MR) is 102 cm³/mol. The van der Waals surface area contributed by atoms with Crippen LogP contribution in [0.15, 0.2) is 36.4 Å². The molecule has 0 aliphatic rings. The van der Waals surface area contributed by atoms with Crippen LogP contribution in [0.1, 0.15) is 29.5 Å². The fourth-order valence-corrected chi connectivity index (χ4v) is 2.60. The summed E-state index contributed by atoms with van der Waals surface area (Å²) >= 11 is 0. The summed E-state index contributed by atoms with van der Waals surface area (Å²) in [7, 11) is 3.31. The van der Waals surface area contributed by atoms with E-state index < -0.39 is 0 Å². The number of methoxy groups -OCH3 is 2. The van der Waals surface area contributed by atoms with Crippen molar-refractivity contribution >= 4 is 0 Å². The highest BCUT2D eigenvalue weighted by molar-refractivity contribution is 5.43. The van der Waals surface area contributed by atoms with Gasteiger partial charge in [-0.05, 0) is 48.2 Å². The van der Waals surface area contributed by atoms with Crippen LogP contribution in [-0.2, 0) is 13.1 Å². The second-order valence-electron chi connectivity index (χ2n) is 6.00. The van der Waals surface area contributed by atoms with E-state index in [-0.39, 0.29) is 0 Å². The van der Waals surface area contributed by atoms with Crippen LogP contribution in [0.5, 0.6) is 17.2 Å². The number of nitrogens with zero attached hydrogens (tertiary/aromatic N) is 1. The van der Waals surface area contributed by atoms with Gasteiger partial charge in [-0.3, -0.25) is 0 Å². The minimum absolute atomic E-state index is 0.490. The molecular weight excluding hydrogens is 328 g/mol. The molecular formula is C21H26N2O3. The van der Waals surface area contributed by atoms with Crippen molar-refractivity contribution in [1.82, 2.24) is 5.32 Å². The van der Waals surface area contributed by atoms with Gasteiger partial charge < -0.3 is 19.5 Å². The average Bonchev–Trinajstić information content (AvgIpc) is 2.66. The molecule has 138 valence electrons. The van der Waals surface area contributed by atoms with Gasteiger partial charge in [0.15, 0.2) is 11.5 Å². The highest BCUT2D eigenvalue weighted by Crippen LogP contribution is 2.28. The van der Waals surface area contributed by atoms with E-state index >= 15 is 0 Å². The van der Waals surface area contributed by atoms with Crippen molar-refractivity contribution in [2.75, 3.05) is 20.8 Å². The van der Waals surface area contributed by atoms with Crippen LogP contribution in [0.25, 0.3) is 0 Å². The van der Waals surface area contributed by atoms with Crippen LogP contribution in [-0.4, -0.2) is 20.8 Å². The maximum atomic E-state index is 8.60. The van der Waals surface area contributed by atoms with Crippen molar-refractivity contribution in [3.05, 3.63) is 53.1 Å². The first-order valence-electron chi connectivity index (χ1n) is 8.68. The van der Waals surface area contributed by atoms with Gasteiger partial charge in [-0.2, -0.15) is 5.26 Å². The van der Waals surface area contributed by atoms with Crippen LogP contribution in [0.3, 0.4) is 0 Å². The highest BCUT2D eigenvalue weighted by Gasteiger charge is 2.06. The lowest BCUT2D eigenvalue weighted by molar-refractivity contribution is 0.290. The Morgan fingerprint density at radius 2 is 1.58 bits per heavy atom. The van der Waals surface area contributed by atoms with E-state index in [2.05, 4.69) is 29.6 Å². The molecule has 0 aromatic heterocycles. The Kier molecular flexibility index (Phi) is 7.78. The molecule has 0 fully saturated rings. The molecule has 0 saturated heterocycles. The van der Waals surface area contributed by atoms with E-state index in [9.17, 15) is 0 Å². The lowest BCUT2D eigenvalue weighted by atomic mass is 10.1. The van der Waals surface area contributed by atoms with Crippen molar-refractivity contribution in [3.8, 4) is 23.3 Å². The van der Waals surface area contributed by atoms with E-state index in [1.165, 1.54) is 5.56 Å². The molecule has 0 radical (unpaired) electrons. The molecule has 26 heavy (non-hydrogen) atoms. The molecule has 2 rings (SSSR count). The Morgan fingerprint density at radius 3 is 2.23 bits per heavy atom. The second kappa shape index (κ2) is 10.3. The molecule has 0 aliphatic carbocycles. The number of unbranched alkanes of at least 4 members (excludes halogenated alkanes) is 1. The largest absolute Gasteiger partial charge is 0.496 e. The zero-order chi connectivity index (χ0) is 18.8. The summed E-state index contributed by atoms with van der Waals surface area (Å²) in [4.78, 5) is 0. The normalized spacial score (nSPS) is 10.2. The third kappa shape index (κ3) is 5.68. The van der Waals surface area contributed by atoms with Gasteiger partial charge in [0.05, 0.1) is 26.9 Å². The van der Waals surface area contributed by atoms with Crippen molar-refractivity contribution in [1.29, 1.82) is 5.26 Å². The summed E-state index contributed by atoms with van der Waals surface area (Å²) in [5.41, 5.74) is 3.42. The zero-order valence-corrected chi connectivity index (χ0v) is 15.7. The SMILES string of the molecule is COc1cc(CNCc2ccc(OC)c(OCCCC#N)c2)ccc1C. The summed E-state index contributed by atoms with van der Waals surface area (Å²) in [5, 5.41) is 12.0. The third-order valence-corrected chi connectivity index (χ3v) is 4.05. The molecule has 0 bridgehead atoms. The fourth-order valence-electron chi connectivity index (χ4n) is 2.60. The Bertz CT molecular complexity index is 753. The topological polar surface area (TPSA) is 63.5 Å². The molecule has 5 nitrogen and oxygen atoms in total. The van der Waals surface area contributed by atoms with E-state index in [0.29, 0.717) is 30.9 Å². The molecule has 5 heteroatoms. The molecule has 2 aromatic rings. The summed E-state index contributed by atoms with van der Waals surface area (Å²) < 4.78 is 16.5. The number of nitrogens with one attached hydrogen (secondary N) is 1. The van der Waals surface area contributed by atoms with Crippen molar-refractivity contribution < 1.29 is 14.2 Å². The number of aryl methyl sites for hydroxylation is 1. The molecule has 0 aliphatic heterocycles. The number of rotatable bonds is 10. The first kappa shape index (κ1) is 19.6. The number of hydrogen-bond donors (Lipinski definition) is 1. The molecule has 0 spiro atoms. The fraction of sp³-hybridized carbons (Fsp3) is 0.381. The molecule has 0 heterocycles. The van der Waals surface area contributed by atoms with Gasteiger partial charge in [0, 0.05) is 19.5 Å². The molecule has 0 atom stereocenters. The summed E-state index contributed by atoms with van der Waals surface area (Å²) in [6.07, 6.45) is 1.20. The van der Waals surface area contributed by atoms with Gasteiger partial charge in [-0.1, -0.05) is 18.2 Å². The maximum absolute atomic E-state index is 8.60. The minimum atomic E-state index is 0.490. The molecule has 1 N–H and O–H groups in total. The number of nitriles is 1. The van der Waals surface area contributed by atoms with Gasteiger partial charge >= 0.3 is 0 Å². The lowest BCUT2D eigenvalue weighted by Crippen LogP contribution is -2.13. The Hall–Kier alpha value is -2.71. The monoisotopic (exact) mass is 354 g/mol. The molecule has 2 aromatic carbocycles. The number of benzene rings is 2. The lowest BCUT2D eigenvalue weighted by Gasteiger charge is -2.13. The van der Waals surface area contributed by atoms with Crippen molar-refractivity contribution in [2.45, 2.75) is 32.9 Å². The van der Waals surface area contributed by atoms with E-state index in [1.54, 1.807) is 14.2 Å². The molecule has 0 amide bonds. The van der Waals surface area contributed by atoms with Crippen LogP contribution in [0, 0.1) is 18.3 Å². The minimum Gasteiger partial charge on any atom is -0.496 e. The van der Waals surface area contributed by atoms with E-state index in [4.69, 9.17) is 19.5 Å². The van der Waals surface area contributed by atoms with E-state index in [0.717, 1.165) is 30.0 Å². The number of hydrogen-bond acceptors (Lipinski definition) is 5. The van der Waals surface area contributed by atoms with E-state index in [1.807, 2.05) is 25.1 Å². The first-order chi connectivity index (χ1) is 12.7. The average molecular weight is 354 g/mol. The van der Waals surface area contributed by atoms with Crippen LogP contribution >= 0.6 is 0 Å². The zero-order valence-electron chi connectivity index (χ0n) is 15.7. The van der Waals surface area contributed by atoms with Crippen molar-refractivity contribution in [2.24, 2.45) is 0 Å². The number of ether oxygens (including phenoxy) is 3. The van der Waals surface area contributed by atoms with Gasteiger partial charge in [0.25, 0.3) is 0 Å². The molecule has 0 saturated carbocycles. The second-order valence-corrected chi connectivity index (χ2v) is 6.00. The third-order valence-electron chi connectivity index (χ3n) is 4.05. The van der Waals surface area contributed by atoms with Crippen molar-refractivity contribution in [3.63, 3.8) is 0 Å². The Balaban J connectivity index is 1.93. The quantitative estimate of drug-likeness (QED) is 0.654. The van der Waals surface area contributed by atoms with Gasteiger partial charge in [0.2, 0.25) is 0 Å². The van der Waals surface area contributed by atoms with Gasteiger partial charge in [-0.25, -0.2) is 0 Å². The Labute approximate surface area is 155 Å². The van der Waals surface area contributed by atoms with Gasteiger partial charge in [0.1, 0.15) is 5.75 Å². The highest BCUT2D eigenvalue weighted by atomic mass is 16.5. The predicted octanol–water partition coefficient (Wildman–Crippen LogP) is 3.98. The molecule has 0 unspecified atom stereocenters.